The van der Waals surface area contributed by atoms with Crippen molar-refractivity contribution in [2.75, 3.05) is 18.5 Å². The van der Waals surface area contributed by atoms with E-state index in [9.17, 15) is 0 Å². The van der Waals surface area contributed by atoms with E-state index in [0.29, 0.717) is 6.04 Å². The van der Waals surface area contributed by atoms with E-state index in [-0.39, 0.29) is 6.10 Å². The van der Waals surface area contributed by atoms with Gasteiger partial charge < -0.3 is 15.4 Å². The van der Waals surface area contributed by atoms with E-state index in [4.69, 9.17) is 10.5 Å². The van der Waals surface area contributed by atoms with Crippen molar-refractivity contribution >= 4 is 5.69 Å². The quantitative estimate of drug-likeness (QED) is 0.870. The van der Waals surface area contributed by atoms with Gasteiger partial charge in [0.1, 0.15) is 5.75 Å². The van der Waals surface area contributed by atoms with Crippen molar-refractivity contribution in [1.29, 1.82) is 0 Å². The molecule has 0 atom stereocenters. The first-order valence-electron chi connectivity index (χ1n) is 6.78. The van der Waals surface area contributed by atoms with Crippen LogP contribution in [0.2, 0.25) is 0 Å². The normalized spacial score (nSPS) is 22.7. The highest BCUT2D eigenvalue weighted by Crippen LogP contribution is 2.28. The van der Waals surface area contributed by atoms with E-state index < -0.39 is 0 Å². The largest absolute Gasteiger partial charge is 0.491 e. The number of rotatable bonds is 5. The summed E-state index contributed by atoms with van der Waals surface area (Å²) in [6, 6.07) is 8.76. The predicted molar refractivity (Wildman–Crippen MR) is 76.2 cm³/mol. The predicted octanol–water partition coefficient (Wildman–Crippen LogP) is 2.65. The molecule has 2 rings (SSSR count). The Morgan fingerprint density at radius 3 is 2.39 bits per heavy atom. The molecule has 0 unspecified atom stereocenters. The zero-order valence-electron chi connectivity index (χ0n) is 11.6. The lowest BCUT2D eigenvalue weighted by Gasteiger charge is -2.36. The molecule has 0 bridgehead atoms. The van der Waals surface area contributed by atoms with E-state index in [1.807, 2.05) is 26.0 Å². The third kappa shape index (κ3) is 3.39. The van der Waals surface area contributed by atoms with E-state index >= 15 is 0 Å². The van der Waals surface area contributed by atoms with Crippen molar-refractivity contribution in [2.45, 2.75) is 38.8 Å². The van der Waals surface area contributed by atoms with Gasteiger partial charge in [0, 0.05) is 25.3 Å². The average Bonchev–Trinajstić information content (AvgIpc) is 2.27. The van der Waals surface area contributed by atoms with Crippen LogP contribution in [0.5, 0.6) is 5.75 Å². The maximum atomic E-state index is 5.81. The molecule has 1 aliphatic carbocycles. The molecule has 0 aromatic heterocycles. The fourth-order valence-electron chi connectivity index (χ4n) is 2.48. The molecule has 100 valence electrons. The van der Waals surface area contributed by atoms with Gasteiger partial charge in [-0.15, -0.1) is 0 Å². The number of nitrogens with zero attached hydrogens (tertiary/aromatic N) is 1. The number of hydrogen-bond donors (Lipinski definition) is 1. The summed E-state index contributed by atoms with van der Waals surface area (Å²) in [4.78, 5) is 2.30. The van der Waals surface area contributed by atoms with Crippen LogP contribution >= 0.6 is 0 Å². The molecule has 2 N–H and O–H groups in total. The topological polar surface area (TPSA) is 38.5 Å². The Morgan fingerprint density at radius 1 is 1.28 bits per heavy atom. The van der Waals surface area contributed by atoms with E-state index in [1.54, 1.807) is 0 Å². The molecule has 1 aromatic rings. The lowest BCUT2D eigenvalue weighted by Crippen LogP contribution is -2.41. The van der Waals surface area contributed by atoms with E-state index in [2.05, 4.69) is 24.1 Å². The zero-order chi connectivity index (χ0) is 13.1. The minimum absolute atomic E-state index is 0.227. The number of nitrogens with two attached hydrogens (primary N) is 1. The Bertz CT molecular complexity index is 369. The van der Waals surface area contributed by atoms with Crippen molar-refractivity contribution in [1.82, 2.24) is 0 Å². The second-order valence-corrected chi connectivity index (χ2v) is 5.64. The van der Waals surface area contributed by atoms with Crippen LogP contribution in [0, 0.1) is 5.92 Å². The van der Waals surface area contributed by atoms with Gasteiger partial charge >= 0.3 is 0 Å². The summed E-state index contributed by atoms with van der Waals surface area (Å²) < 4.78 is 5.64. The molecule has 1 fully saturated rings. The molecule has 0 heterocycles. The number of benzene rings is 1. The third-order valence-corrected chi connectivity index (χ3v) is 3.45. The number of hydrogen-bond acceptors (Lipinski definition) is 3. The monoisotopic (exact) mass is 248 g/mol. The second kappa shape index (κ2) is 5.61. The molecule has 0 aliphatic heterocycles. The SMILES string of the molecule is CC(C)Oc1ccc(N(C)CC2CC(N)C2)cc1. The first-order chi connectivity index (χ1) is 8.54. The van der Waals surface area contributed by atoms with Crippen LogP contribution in [-0.4, -0.2) is 25.7 Å². The Balaban J connectivity index is 1.88. The molecule has 1 aliphatic rings. The molecule has 1 saturated carbocycles. The first kappa shape index (κ1) is 13.2. The Labute approximate surface area is 110 Å². The Hall–Kier alpha value is -1.22. The van der Waals surface area contributed by atoms with E-state index in [0.717, 1.165) is 18.2 Å². The van der Waals surface area contributed by atoms with Gasteiger partial charge in [0.15, 0.2) is 0 Å². The van der Waals surface area contributed by atoms with Crippen LogP contribution in [0.3, 0.4) is 0 Å². The van der Waals surface area contributed by atoms with Crippen LogP contribution in [0.25, 0.3) is 0 Å². The molecule has 0 amide bonds. The van der Waals surface area contributed by atoms with Gasteiger partial charge in [-0.25, -0.2) is 0 Å². The molecule has 18 heavy (non-hydrogen) atoms. The molecule has 0 saturated heterocycles. The van der Waals surface area contributed by atoms with Crippen LogP contribution in [0.15, 0.2) is 24.3 Å². The summed E-state index contributed by atoms with van der Waals surface area (Å²) in [5.74, 6) is 1.70. The van der Waals surface area contributed by atoms with Crippen molar-refractivity contribution in [2.24, 2.45) is 11.7 Å². The summed E-state index contributed by atoms with van der Waals surface area (Å²) in [5.41, 5.74) is 7.06. The van der Waals surface area contributed by atoms with Crippen LogP contribution in [0.4, 0.5) is 5.69 Å². The molecule has 3 heteroatoms. The van der Waals surface area contributed by atoms with Gasteiger partial charge in [-0.3, -0.25) is 0 Å². The van der Waals surface area contributed by atoms with Crippen molar-refractivity contribution in [3.63, 3.8) is 0 Å². The Morgan fingerprint density at radius 2 is 1.89 bits per heavy atom. The van der Waals surface area contributed by atoms with Gasteiger partial charge in [-0.05, 0) is 56.9 Å². The van der Waals surface area contributed by atoms with Crippen molar-refractivity contribution in [3.05, 3.63) is 24.3 Å². The van der Waals surface area contributed by atoms with Gasteiger partial charge in [0.2, 0.25) is 0 Å². The molecular formula is C15H24N2O. The fraction of sp³-hybridized carbons (Fsp3) is 0.600. The highest BCUT2D eigenvalue weighted by Gasteiger charge is 2.26. The highest BCUT2D eigenvalue weighted by molar-refractivity contribution is 5.48. The standard InChI is InChI=1S/C15H24N2O/c1-11(2)18-15-6-4-14(5-7-15)17(3)10-12-8-13(16)9-12/h4-7,11-13H,8-10,16H2,1-3H3. The second-order valence-electron chi connectivity index (χ2n) is 5.64. The molecule has 0 radical (unpaired) electrons. The maximum Gasteiger partial charge on any atom is 0.119 e. The zero-order valence-corrected chi connectivity index (χ0v) is 11.6. The number of ether oxygens (including phenoxy) is 1. The van der Waals surface area contributed by atoms with Crippen LogP contribution in [-0.2, 0) is 0 Å². The minimum atomic E-state index is 0.227. The summed E-state index contributed by atoms with van der Waals surface area (Å²) in [6.07, 6.45) is 2.56. The van der Waals surface area contributed by atoms with Gasteiger partial charge in [0.05, 0.1) is 6.10 Å². The fourth-order valence-corrected chi connectivity index (χ4v) is 2.48. The summed E-state index contributed by atoms with van der Waals surface area (Å²) in [7, 11) is 2.14. The summed E-state index contributed by atoms with van der Waals surface area (Å²) in [6.45, 7) is 5.18. The third-order valence-electron chi connectivity index (χ3n) is 3.45. The smallest absolute Gasteiger partial charge is 0.119 e. The molecule has 0 spiro atoms. The van der Waals surface area contributed by atoms with Gasteiger partial charge in [-0.1, -0.05) is 0 Å². The minimum Gasteiger partial charge on any atom is -0.491 e. The van der Waals surface area contributed by atoms with E-state index in [1.165, 1.54) is 18.5 Å². The summed E-state index contributed by atoms with van der Waals surface area (Å²) in [5, 5.41) is 0. The maximum absolute atomic E-state index is 5.81. The van der Waals surface area contributed by atoms with Crippen LogP contribution < -0.4 is 15.4 Å². The average molecular weight is 248 g/mol. The first-order valence-corrected chi connectivity index (χ1v) is 6.78. The molecule has 3 nitrogen and oxygen atoms in total. The van der Waals surface area contributed by atoms with Crippen molar-refractivity contribution < 1.29 is 4.74 Å². The molecule has 1 aromatic carbocycles. The molecular weight excluding hydrogens is 224 g/mol. The van der Waals surface area contributed by atoms with Gasteiger partial charge in [-0.2, -0.15) is 0 Å². The lowest BCUT2D eigenvalue weighted by molar-refractivity contribution is 0.242. The summed E-state index contributed by atoms with van der Waals surface area (Å²) >= 11 is 0. The Kier molecular flexibility index (Phi) is 4.12. The van der Waals surface area contributed by atoms with Crippen molar-refractivity contribution in [3.8, 4) is 5.75 Å². The lowest BCUT2D eigenvalue weighted by atomic mass is 9.80. The highest BCUT2D eigenvalue weighted by atomic mass is 16.5. The van der Waals surface area contributed by atoms with Crippen LogP contribution in [0.1, 0.15) is 26.7 Å². The van der Waals surface area contributed by atoms with Gasteiger partial charge in [0.25, 0.3) is 0 Å². The number of anilines is 1.